The highest BCUT2D eigenvalue weighted by atomic mass is 16.4. The number of urea groups is 1. The molecule has 0 radical (unpaired) electrons. The zero-order chi connectivity index (χ0) is 15.1. The lowest BCUT2D eigenvalue weighted by atomic mass is 9.97. The van der Waals surface area contributed by atoms with Crippen molar-refractivity contribution >= 4 is 12.0 Å². The first kappa shape index (κ1) is 16.8. The Morgan fingerprint density at radius 1 is 1.30 bits per heavy atom. The Bertz CT molecular complexity index is 330. The number of hydrogen-bond donors (Lipinski definition) is 3. The number of hydrogen-bond acceptors (Lipinski definition) is 3. The number of amides is 2. The molecule has 0 bridgehead atoms. The number of nitrogens with one attached hydrogen (secondary N) is 2. The van der Waals surface area contributed by atoms with Gasteiger partial charge >= 0.3 is 12.0 Å². The summed E-state index contributed by atoms with van der Waals surface area (Å²) < 4.78 is 0. The molecule has 1 unspecified atom stereocenters. The van der Waals surface area contributed by atoms with E-state index in [9.17, 15) is 9.59 Å². The van der Waals surface area contributed by atoms with Crippen molar-refractivity contribution in [3.8, 4) is 0 Å². The van der Waals surface area contributed by atoms with Crippen LogP contribution in [0.25, 0.3) is 0 Å². The molecule has 6 heteroatoms. The van der Waals surface area contributed by atoms with Gasteiger partial charge in [0.2, 0.25) is 0 Å². The van der Waals surface area contributed by atoms with Crippen LogP contribution < -0.4 is 10.6 Å². The third-order valence-electron chi connectivity index (χ3n) is 3.53. The number of likely N-dealkylation sites (N-methyl/N-ethyl adjacent to an activating group) is 1. The highest BCUT2D eigenvalue weighted by molar-refractivity contribution is 5.75. The van der Waals surface area contributed by atoms with Crippen LogP contribution in [0.15, 0.2) is 0 Å². The molecule has 1 fully saturated rings. The minimum atomic E-state index is -0.854. The van der Waals surface area contributed by atoms with Gasteiger partial charge in [-0.05, 0) is 32.2 Å². The molecular weight excluding hydrogens is 258 g/mol. The highest BCUT2D eigenvalue weighted by Crippen LogP contribution is 2.24. The van der Waals surface area contributed by atoms with Gasteiger partial charge in [-0.3, -0.25) is 4.79 Å². The Morgan fingerprint density at radius 2 is 1.95 bits per heavy atom. The van der Waals surface area contributed by atoms with E-state index in [1.165, 1.54) is 12.8 Å². The molecule has 0 saturated heterocycles. The summed E-state index contributed by atoms with van der Waals surface area (Å²) in [6.45, 7) is 5.54. The number of carboxylic acid groups (broad SMARTS) is 1. The average Bonchev–Trinajstić information content (AvgIpc) is 3.17. The fourth-order valence-corrected chi connectivity index (χ4v) is 2.16. The first-order chi connectivity index (χ1) is 9.40. The van der Waals surface area contributed by atoms with Gasteiger partial charge in [0.25, 0.3) is 0 Å². The van der Waals surface area contributed by atoms with Gasteiger partial charge in [-0.1, -0.05) is 13.8 Å². The second kappa shape index (κ2) is 8.09. The molecule has 1 saturated carbocycles. The summed E-state index contributed by atoms with van der Waals surface area (Å²) in [5, 5.41) is 14.5. The minimum Gasteiger partial charge on any atom is -0.481 e. The SMILES string of the molecule is CC(C)CC(CNC(=O)NCCN(C)C1CC1)C(=O)O. The van der Waals surface area contributed by atoms with Gasteiger partial charge in [0.15, 0.2) is 0 Å². The predicted octanol–water partition coefficient (Wildman–Crippen LogP) is 1.13. The van der Waals surface area contributed by atoms with Gasteiger partial charge in [0, 0.05) is 25.7 Å². The van der Waals surface area contributed by atoms with Gasteiger partial charge in [0.1, 0.15) is 0 Å². The van der Waals surface area contributed by atoms with E-state index in [1.54, 1.807) is 0 Å². The van der Waals surface area contributed by atoms with Crippen molar-refractivity contribution in [3.63, 3.8) is 0 Å². The third kappa shape index (κ3) is 6.75. The smallest absolute Gasteiger partial charge is 0.314 e. The fraction of sp³-hybridized carbons (Fsp3) is 0.857. The van der Waals surface area contributed by atoms with E-state index in [0.29, 0.717) is 24.9 Å². The van der Waals surface area contributed by atoms with Crippen LogP contribution in [0.2, 0.25) is 0 Å². The maximum absolute atomic E-state index is 11.6. The molecule has 0 spiro atoms. The molecule has 0 aromatic heterocycles. The lowest BCUT2D eigenvalue weighted by Crippen LogP contribution is -2.42. The first-order valence-corrected chi connectivity index (χ1v) is 7.35. The zero-order valence-corrected chi connectivity index (χ0v) is 12.7. The maximum Gasteiger partial charge on any atom is 0.314 e. The van der Waals surface area contributed by atoms with Gasteiger partial charge in [-0.2, -0.15) is 0 Å². The Kier molecular flexibility index (Phi) is 6.78. The number of rotatable bonds is 9. The fourth-order valence-electron chi connectivity index (χ4n) is 2.16. The molecular formula is C14H27N3O3. The van der Waals surface area contributed by atoms with Gasteiger partial charge < -0.3 is 20.6 Å². The van der Waals surface area contributed by atoms with Crippen molar-refractivity contribution in [2.75, 3.05) is 26.7 Å². The maximum atomic E-state index is 11.6. The van der Waals surface area contributed by atoms with Crippen LogP contribution >= 0.6 is 0 Å². The van der Waals surface area contributed by atoms with E-state index in [2.05, 4.69) is 22.6 Å². The summed E-state index contributed by atoms with van der Waals surface area (Å²) in [5.74, 6) is -1.07. The lowest BCUT2D eigenvalue weighted by Gasteiger charge is -2.17. The number of carbonyl (C=O) groups excluding carboxylic acids is 1. The molecule has 1 aliphatic carbocycles. The Labute approximate surface area is 120 Å². The molecule has 0 aromatic rings. The molecule has 0 aliphatic heterocycles. The molecule has 0 aromatic carbocycles. The van der Waals surface area contributed by atoms with Crippen LogP contribution in [0.3, 0.4) is 0 Å². The molecule has 1 aliphatic rings. The molecule has 1 rings (SSSR count). The number of nitrogens with zero attached hydrogens (tertiary/aromatic N) is 1. The standard InChI is InChI=1S/C14H27N3O3/c1-10(2)8-11(13(18)19)9-16-14(20)15-6-7-17(3)12-4-5-12/h10-12H,4-9H2,1-3H3,(H,18,19)(H2,15,16,20). The molecule has 6 nitrogen and oxygen atoms in total. The van der Waals surface area contributed by atoms with Gasteiger partial charge in [-0.15, -0.1) is 0 Å². The lowest BCUT2D eigenvalue weighted by molar-refractivity contribution is -0.142. The molecule has 0 heterocycles. The Balaban J connectivity index is 2.15. The summed E-state index contributed by atoms with van der Waals surface area (Å²) in [5.41, 5.74) is 0. The summed E-state index contributed by atoms with van der Waals surface area (Å²) >= 11 is 0. The summed E-state index contributed by atoms with van der Waals surface area (Å²) in [6.07, 6.45) is 3.07. The van der Waals surface area contributed by atoms with Crippen LogP contribution in [0, 0.1) is 11.8 Å². The van der Waals surface area contributed by atoms with Gasteiger partial charge in [-0.25, -0.2) is 4.79 Å². The van der Waals surface area contributed by atoms with Crippen molar-refractivity contribution in [2.24, 2.45) is 11.8 Å². The number of carboxylic acids is 1. The summed E-state index contributed by atoms with van der Waals surface area (Å²) in [7, 11) is 2.06. The summed E-state index contributed by atoms with van der Waals surface area (Å²) in [6, 6.07) is 0.395. The molecule has 2 amide bonds. The molecule has 20 heavy (non-hydrogen) atoms. The zero-order valence-electron chi connectivity index (χ0n) is 12.7. The van der Waals surface area contributed by atoms with Crippen molar-refractivity contribution in [1.29, 1.82) is 0 Å². The number of carbonyl (C=O) groups is 2. The second-order valence-electron chi connectivity index (χ2n) is 6.01. The number of aliphatic carboxylic acids is 1. The molecule has 116 valence electrons. The third-order valence-corrected chi connectivity index (χ3v) is 3.53. The van der Waals surface area contributed by atoms with E-state index < -0.39 is 11.9 Å². The van der Waals surface area contributed by atoms with Crippen LogP contribution in [-0.4, -0.2) is 54.7 Å². The quantitative estimate of drug-likeness (QED) is 0.593. The summed E-state index contributed by atoms with van der Waals surface area (Å²) in [4.78, 5) is 24.9. The monoisotopic (exact) mass is 285 g/mol. The van der Waals surface area contributed by atoms with Crippen molar-refractivity contribution in [3.05, 3.63) is 0 Å². The first-order valence-electron chi connectivity index (χ1n) is 7.35. The van der Waals surface area contributed by atoms with E-state index >= 15 is 0 Å². The van der Waals surface area contributed by atoms with Crippen molar-refractivity contribution < 1.29 is 14.7 Å². The van der Waals surface area contributed by atoms with E-state index in [-0.39, 0.29) is 12.6 Å². The average molecular weight is 285 g/mol. The van der Waals surface area contributed by atoms with Crippen molar-refractivity contribution in [2.45, 2.75) is 39.2 Å². The predicted molar refractivity (Wildman–Crippen MR) is 77.6 cm³/mol. The largest absolute Gasteiger partial charge is 0.481 e. The molecule has 3 N–H and O–H groups in total. The minimum absolute atomic E-state index is 0.178. The van der Waals surface area contributed by atoms with Crippen molar-refractivity contribution in [1.82, 2.24) is 15.5 Å². The normalized spacial score (nSPS) is 16.2. The van der Waals surface area contributed by atoms with Crippen LogP contribution in [0.1, 0.15) is 33.1 Å². The van der Waals surface area contributed by atoms with Crippen LogP contribution in [0.4, 0.5) is 4.79 Å². The van der Waals surface area contributed by atoms with E-state index in [4.69, 9.17) is 5.11 Å². The highest BCUT2D eigenvalue weighted by Gasteiger charge is 2.25. The Hall–Kier alpha value is -1.30. The van der Waals surface area contributed by atoms with Gasteiger partial charge in [0.05, 0.1) is 5.92 Å². The Morgan fingerprint density at radius 3 is 2.45 bits per heavy atom. The topological polar surface area (TPSA) is 81.7 Å². The van der Waals surface area contributed by atoms with Crippen LogP contribution in [-0.2, 0) is 4.79 Å². The van der Waals surface area contributed by atoms with E-state index in [1.807, 2.05) is 13.8 Å². The van der Waals surface area contributed by atoms with Crippen LogP contribution in [0.5, 0.6) is 0 Å². The second-order valence-corrected chi connectivity index (χ2v) is 6.01. The molecule has 1 atom stereocenters. The van der Waals surface area contributed by atoms with E-state index in [0.717, 1.165) is 6.54 Å².